The summed E-state index contributed by atoms with van der Waals surface area (Å²) in [6.45, 7) is -0.865. The van der Waals surface area contributed by atoms with Crippen molar-refractivity contribution in [3.63, 3.8) is 0 Å². The Morgan fingerprint density at radius 3 is 2.67 bits per heavy atom. The molecule has 33 heavy (non-hydrogen) atoms. The van der Waals surface area contributed by atoms with E-state index < -0.39 is 18.9 Å². The molecule has 2 heterocycles. The first-order valence-electron chi connectivity index (χ1n) is 9.49. The second-order valence-corrected chi connectivity index (χ2v) is 8.10. The average Bonchev–Trinajstić information content (AvgIpc) is 3.11. The Labute approximate surface area is 195 Å². The third kappa shape index (κ3) is 4.85. The largest absolute Gasteiger partial charge is 0.490 e. The van der Waals surface area contributed by atoms with E-state index in [0.717, 1.165) is 0 Å². The molecule has 1 aliphatic heterocycles. The summed E-state index contributed by atoms with van der Waals surface area (Å²) in [6.07, 6.45) is -2.35. The molecule has 1 aliphatic carbocycles. The molecule has 174 valence electrons. The number of alkyl halides is 3. The lowest BCUT2D eigenvalue weighted by molar-refractivity contribution is -0.210. The summed E-state index contributed by atoms with van der Waals surface area (Å²) in [5.74, 6) is -0.258. The number of fused-ring (bicyclic) bond motifs is 1. The van der Waals surface area contributed by atoms with Crippen LogP contribution in [0.1, 0.15) is 11.3 Å². The fourth-order valence-corrected chi connectivity index (χ4v) is 3.82. The number of hydrogen-bond acceptors (Lipinski definition) is 6. The normalized spacial score (nSPS) is 15.6. The predicted octanol–water partition coefficient (Wildman–Crippen LogP) is 3.81. The van der Waals surface area contributed by atoms with Crippen LogP contribution in [0.5, 0.6) is 5.75 Å². The molecule has 0 fully saturated rings. The minimum Gasteiger partial charge on any atom is -0.490 e. The topological polar surface area (TPSA) is 114 Å². The number of aliphatic hydroxyl groups is 1. The summed E-state index contributed by atoms with van der Waals surface area (Å²) in [7, 11) is 0. The number of rotatable bonds is 5. The van der Waals surface area contributed by atoms with Crippen LogP contribution in [0.2, 0.25) is 10.0 Å². The summed E-state index contributed by atoms with van der Waals surface area (Å²) < 4.78 is 43.4. The van der Waals surface area contributed by atoms with Gasteiger partial charge >= 0.3 is 12.2 Å². The molecular formula is C20H16Cl2F3N5O3. The first-order chi connectivity index (χ1) is 15.5. The zero-order chi connectivity index (χ0) is 23.9. The van der Waals surface area contributed by atoms with Crippen molar-refractivity contribution in [3.8, 4) is 17.0 Å². The second kappa shape index (κ2) is 8.73. The number of carbonyl (C=O) groups excluding carboxylic acids is 1. The molecule has 13 heteroatoms. The molecule has 1 unspecified atom stereocenters. The van der Waals surface area contributed by atoms with Gasteiger partial charge in [0, 0.05) is 16.3 Å². The summed E-state index contributed by atoms with van der Waals surface area (Å²) in [5.41, 5.74) is 7.77. The molecule has 1 aromatic carbocycles. The van der Waals surface area contributed by atoms with Gasteiger partial charge in [-0.15, -0.1) is 0 Å². The summed E-state index contributed by atoms with van der Waals surface area (Å²) in [4.78, 5) is 22.4. The van der Waals surface area contributed by atoms with Gasteiger partial charge in [0.1, 0.15) is 12.4 Å². The molecule has 1 atom stereocenters. The number of nitrogens with zero attached hydrogens (tertiary/aromatic N) is 3. The highest BCUT2D eigenvalue weighted by molar-refractivity contribution is 6.37. The van der Waals surface area contributed by atoms with Gasteiger partial charge in [0.25, 0.3) is 0 Å². The molecule has 4 N–H and O–H groups in total. The third-order valence-corrected chi connectivity index (χ3v) is 5.44. The van der Waals surface area contributed by atoms with Crippen molar-refractivity contribution >= 4 is 35.2 Å². The molecule has 0 bridgehead atoms. The fourth-order valence-electron chi connectivity index (χ4n) is 3.26. The van der Waals surface area contributed by atoms with Crippen LogP contribution in [0.3, 0.4) is 0 Å². The van der Waals surface area contributed by atoms with Crippen molar-refractivity contribution in [1.29, 1.82) is 0 Å². The number of nitrogen functional groups attached to an aromatic ring is 1. The zero-order valence-electron chi connectivity index (χ0n) is 16.7. The first-order valence-corrected chi connectivity index (χ1v) is 10.2. The van der Waals surface area contributed by atoms with Crippen molar-refractivity contribution in [2.24, 2.45) is 0 Å². The van der Waals surface area contributed by atoms with Crippen LogP contribution >= 0.6 is 23.2 Å². The summed E-state index contributed by atoms with van der Waals surface area (Å²) in [6, 6.07) is 2.25. The molecule has 2 amide bonds. The smallest absolute Gasteiger partial charge is 0.417 e. The van der Waals surface area contributed by atoms with Gasteiger partial charge in [-0.3, -0.25) is 0 Å². The minimum absolute atomic E-state index is 0.0342. The minimum atomic E-state index is -4.87. The molecule has 1 aromatic heterocycles. The number of anilines is 1. The van der Waals surface area contributed by atoms with Gasteiger partial charge < -0.3 is 25.8 Å². The molecule has 0 radical (unpaired) electrons. The number of benzene rings is 1. The Bertz CT molecular complexity index is 1190. The fraction of sp³-hybridized carbons (Fsp3) is 0.250. The Hall–Kier alpha value is -3.02. The molecule has 0 saturated heterocycles. The maximum Gasteiger partial charge on any atom is 0.417 e. The van der Waals surface area contributed by atoms with E-state index in [9.17, 15) is 23.1 Å². The SMILES string of the molecule is Nc1nc2c(c(-c3c(Cl)cc(Cl)cc3OCC(O)C(F)(F)F)n1)CN(C(=O)NC1=CC=C1)C2. The molecule has 8 nitrogen and oxygen atoms in total. The van der Waals surface area contributed by atoms with Gasteiger partial charge in [-0.05, 0) is 24.3 Å². The average molecular weight is 502 g/mol. The van der Waals surface area contributed by atoms with Crippen LogP contribution in [-0.2, 0) is 13.1 Å². The van der Waals surface area contributed by atoms with Crippen LogP contribution in [0.15, 0.2) is 36.1 Å². The van der Waals surface area contributed by atoms with Crippen molar-refractivity contribution in [2.75, 3.05) is 12.3 Å². The van der Waals surface area contributed by atoms with E-state index in [4.69, 9.17) is 33.7 Å². The molecular weight excluding hydrogens is 486 g/mol. The number of allylic oxidation sites excluding steroid dienone is 3. The Kier molecular flexibility index (Phi) is 6.12. The van der Waals surface area contributed by atoms with Gasteiger partial charge in [0.05, 0.1) is 35.1 Å². The number of carbonyl (C=O) groups is 1. The Morgan fingerprint density at radius 2 is 2.03 bits per heavy atom. The van der Waals surface area contributed by atoms with Gasteiger partial charge in [0.15, 0.2) is 6.10 Å². The Morgan fingerprint density at radius 1 is 1.30 bits per heavy atom. The first kappa shape index (κ1) is 23.1. The van der Waals surface area contributed by atoms with E-state index in [1.54, 1.807) is 18.2 Å². The molecule has 2 aliphatic rings. The van der Waals surface area contributed by atoms with Crippen LogP contribution < -0.4 is 15.8 Å². The number of amides is 2. The van der Waals surface area contributed by atoms with Crippen LogP contribution in [0.4, 0.5) is 23.9 Å². The highest BCUT2D eigenvalue weighted by atomic mass is 35.5. The molecule has 0 spiro atoms. The van der Waals surface area contributed by atoms with Gasteiger partial charge in [-0.1, -0.05) is 29.3 Å². The van der Waals surface area contributed by atoms with E-state index in [2.05, 4.69) is 15.3 Å². The van der Waals surface area contributed by atoms with E-state index in [1.165, 1.54) is 17.0 Å². The van der Waals surface area contributed by atoms with Crippen molar-refractivity contribution in [3.05, 3.63) is 57.4 Å². The van der Waals surface area contributed by atoms with E-state index >= 15 is 0 Å². The third-order valence-electron chi connectivity index (χ3n) is 4.92. The van der Waals surface area contributed by atoms with Crippen LogP contribution in [0.25, 0.3) is 11.3 Å². The summed E-state index contributed by atoms with van der Waals surface area (Å²) >= 11 is 12.4. The number of aromatic nitrogens is 2. The lowest BCUT2D eigenvalue weighted by Gasteiger charge is -2.19. The zero-order valence-corrected chi connectivity index (χ0v) is 18.2. The number of nitrogens with two attached hydrogens (primary N) is 1. The molecule has 2 aromatic rings. The highest BCUT2D eigenvalue weighted by Crippen LogP contribution is 2.42. The number of nitrogens with one attached hydrogen (secondary N) is 1. The van der Waals surface area contributed by atoms with Gasteiger partial charge in [-0.2, -0.15) is 13.2 Å². The monoisotopic (exact) mass is 501 g/mol. The molecule has 4 rings (SSSR count). The number of urea groups is 1. The van der Waals surface area contributed by atoms with Crippen molar-refractivity contribution in [1.82, 2.24) is 20.2 Å². The maximum absolute atomic E-state index is 12.7. The standard InChI is InChI=1S/C20H16Cl2F3N5O3/c21-9-4-12(22)16(14(5-9)33-8-15(31)20(23,24)25)17-11-6-30(7-13(11)28-18(26)29-17)19(32)27-10-2-1-3-10/h1-5,15,31H,6-8H2,(H,27,32)(H2,26,28,29). The van der Waals surface area contributed by atoms with Gasteiger partial charge in [0.2, 0.25) is 5.95 Å². The quantitative estimate of drug-likeness (QED) is 0.573. The van der Waals surface area contributed by atoms with E-state index in [1.807, 2.05) is 0 Å². The Balaban J connectivity index is 1.68. The second-order valence-electron chi connectivity index (χ2n) is 7.25. The van der Waals surface area contributed by atoms with E-state index in [0.29, 0.717) is 17.0 Å². The maximum atomic E-state index is 12.7. The number of halogens is 5. The van der Waals surface area contributed by atoms with E-state index in [-0.39, 0.29) is 52.1 Å². The highest BCUT2D eigenvalue weighted by Gasteiger charge is 2.39. The number of aliphatic hydroxyl groups excluding tert-OH is 1. The lowest BCUT2D eigenvalue weighted by atomic mass is 10.0. The van der Waals surface area contributed by atoms with Crippen LogP contribution in [0, 0.1) is 0 Å². The van der Waals surface area contributed by atoms with Crippen molar-refractivity contribution < 1.29 is 27.8 Å². The van der Waals surface area contributed by atoms with Crippen LogP contribution in [-0.4, -0.2) is 44.9 Å². The van der Waals surface area contributed by atoms with Gasteiger partial charge in [-0.25, -0.2) is 14.8 Å². The predicted molar refractivity (Wildman–Crippen MR) is 114 cm³/mol. The lowest BCUT2D eigenvalue weighted by Crippen LogP contribution is -2.36. The number of hydrogen-bond donors (Lipinski definition) is 3. The number of ether oxygens (including phenoxy) is 1. The molecule has 0 saturated carbocycles. The summed E-state index contributed by atoms with van der Waals surface area (Å²) in [5, 5.41) is 12.2. The van der Waals surface area contributed by atoms with Crippen molar-refractivity contribution in [2.45, 2.75) is 25.4 Å².